The summed E-state index contributed by atoms with van der Waals surface area (Å²) in [6.45, 7) is 3.08. The highest BCUT2D eigenvalue weighted by molar-refractivity contribution is 7.90. The van der Waals surface area contributed by atoms with Crippen LogP contribution in [0.15, 0.2) is 23.1 Å². The molecule has 0 aliphatic carbocycles. The van der Waals surface area contributed by atoms with Crippen LogP contribution in [0.4, 0.5) is 5.69 Å². The first-order chi connectivity index (χ1) is 11.8. The molecule has 3 rings (SSSR count). The van der Waals surface area contributed by atoms with Gasteiger partial charge >= 0.3 is 0 Å². The predicted molar refractivity (Wildman–Crippen MR) is 98.4 cm³/mol. The van der Waals surface area contributed by atoms with Crippen molar-refractivity contribution in [1.82, 2.24) is 10.2 Å². The second-order valence-corrected chi connectivity index (χ2v) is 8.81. The number of nitro benzene ring substituents is 1. The van der Waals surface area contributed by atoms with Crippen LogP contribution in [0.2, 0.25) is 0 Å². The van der Waals surface area contributed by atoms with Gasteiger partial charge in [-0.15, -0.1) is 12.4 Å². The topological polar surface area (TPSA) is 110 Å². The average molecular weight is 404 g/mol. The van der Waals surface area contributed by atoms with E-state index in [4.69, 9.17) is 0 Å². The summed E-state index contributed by atoms with van der Waals surface area (Å²) in [7, 11) is -3.65. The van der Waals surface area contributed by atoms with Crippen LogP contribution in [-0.4, -0.2) is 56.6 Å². The lowest BCUT2D eigenvalue weighted by Gasteiger charge is -2.21. The molecule has 1 aromatic rings. The lowest BCUT2D eigenvalue weighted by molar-refractivity contribution is -0.385. The van der Waals surface area contributed by atoms with Crippen molar-refractivity contribution in [3.8, 4) is 0 Å². The number of nitrogens with one attached hydrogen (secondary N) is 1. The van der Waals surface area contributed by atoms with E-state index in [1.807, 2.05) is 0 Å². The number of non-ortho nitro benzene ring substituents is 1. The normalized spacial score (nSPS) is 22.9. The Hall–Kier alpha value is -1.71. The van der Waals surface area contributed by atoms with Gasteiger partial charge in [0.2, 0.25) is 0 Å². The zero-order valence-electron chi connectivity index (χ0n) is 14.4. The molecule has 10 heteroatoms. The van der Waals surface area contributed by atoms with Gasteiger partial charge in [0, 0.05) is 37.0 Å². The van der Waals surface area contributed by atoms with E-state index in [1.54, 1.807) is 4.90 Å². The van der Waals surface area contributed by atoms with Crippen LogP contribution in [0.3, 0.4) is 0 Å². The minimum atomic E-state index is -3.65. The van der Waals surface area contributed by atoms with E-state index in [0.29, 0.717) is 24.9 Å². The van der Waals surface area contributed by atoms with E-state index in [-0.39, 0.29) is 34.5 Å². The fourth-order valence-corrected chi connectivity index (χ4v) is 4.31. The van der Waals surface area contributed by atoms with Crippen molar-refractivity contribution >= 4 is 33.8 Å². The molecule has 0 saturated carbocycles. The first-order valence-electron chi connectivity index (χ1n) is 8.25. The molecule has 8 nitrogen and oxygen atoms in total. The molecule has 2 aliphatic heterocycles. The number of fused-ring (bicyclic) bond motifs is 1. The number of carbonyl (C=O) groups is 1. The summed E-state index contributed by atoms with van der Waals surface area (Å²) in [5.41, 5.74) is -0.332. The summed E-state index contributed by atoms with van der Waals surface area (Å²) in [6, 6.07) is 3.38. The molecule has 26 heavy (non-hydrogen) atoms. The van der Waals surface area contributed by atoms with E-state index < -0.39 is 14.8 Å². The Balaban J connectivity index is 0.00000243. The molecule has 2 fully saturated rings. The summed E-state index contributed by atoms with van der Waals surface area (Å²) in [5, 5.41) is 14.5. The second-order valence-electron chi connectivity index (χ2n) is 6.79. The zero-order valence-corrected chi connectivity index (χ0v) is 16.0. The summed E-state index contributed by atoms with van der Waals surface area (Å²) >= 11 is 0. The highest BCUT2D eigenvalue weighted by Crippen LogP contribution is 2.28. The van der Waals surface area contributed by atoms with Crippen molar-refractivity contribution in [2.45, 2.75) is 17.7 Å². The van der Waals surface area contributed by atoms with Gasteiger partial charge in [0.05, 0.1) is 9.82 Å². The maximum absolute atomic E-state index is 12.8. The summed E-state index contributed by atoms with van der Waals surface area (Å²) in [6.07, 6.45) is 2.75. The van der Waals surface area contributed by atoms with E-state index >= 15 is 0 Å². The van der Waals surface area contributed by atoms with Gasteiger partial charge < -0.3 is 10.2 Å². The standard InChI is InChI=1S/C16H21N3O5S.ClH/c1-25(23,24)15-7-13(6-14(8-15)19(21)22)16(20)18-4-2-11-9-17-10-12(11)3-5-18;/h6-8,11-12,17H,2-5,9-10H2,1H3;1H/t11-,12+;. The van der Waals surface area contributed by atoms with Gasteiger partial charge in [0.1, 0.15) is 0 Å². The monoisotopic (exact) mass is 403 g/mol. The quantitative estimate of drug-likeness (QED) is 0.604. The molecule has 2 heterocycles. The maximum Gasteiger partial charge on any atom is 0.271 e. The minimum absolute atomic E-state index is 0. The third-order valence-corrected chi connectivity index (χ3v) is 6.18. The molecule has 1 amide bonds. The molecule has 144 valence electrons. The number of likely N-dealkylation sites (tertiary alicyclic amines) is 1. The Labute approximate surface area is 158 Å². The van der Waals surface area contributed by atoms with Crippen molar-refractivity contribution in [3.05, 3.63) is 33.9 Å². The number of benzene rings is 1. The number of amides is 1. The molecular formula is C16H22ClN3O5S. The van der Waals surface area contributed by atoms with Crippen LogP contribution in [0, 0.1) is 22.0 Å². The van der Waals surface area contributed by atoms with Gasteiger partial charge in [-0.1, -0.05) is 0 Å². The van der Waals surface area contributed by atoms with Crippen molar-refractivity contribution in [2.75, 3.05) is 32.4 Å². The Bertz CT molecular complexity index is 800. The lowest BCUT2D eigenvalue weighted by atomic mass is 9.92. The van der Waals surface area contributed by atoms with Gasteiger partial charge in [0.15, 0.2) is 9.84 Å². The number of sulfone groups is 1. The number of rotatable bonds is 3. The maximum atomic E-state index is 12.8. The molecular weight excluding hydrogens is 382 g/mol. The highest BCUT2D eigenvalue weighted by atomic mass is 35.5. The molecule has 2 saturated heterocycles. The van der Waals surface area contributed by atoms with Crippen LogP contribution >= 0.6 is 12.4 Å². The van der Waals surface area contributed by atoms with Gasteiger partial charge in [-0.25, -0.2) is 8.42 Å². The van der Waals surface area contributed by atoms with Crippen LogP contribution in [0.5, 0.6) is 0 Å². The Morgan fingerprint density at radius 2 is 1.77 bits per heavy atom. The van der Waals surface area contributed by atoms with Gasteiger partial charge in [0.25, 0.3) is 11.6 Å². The largest absolute Gasteiger partial charge is 0.339 e. The van der Waals surface area contributed by atoms with Crippen LogP contribution < -0.4 is 5.32 Å². The minimum Gasteiger partial charge on any atom is -0.339 e. The van der Waals surface area contributed by atoms with Crippen molar-refractivity contribution in [3.63, 3.8) is 0 Å². The van der Waals surface area contributed by atoms with E-state index in [2.05, 4.69) is 5.32 Å². The summed E-state index contributed by atoms with van der Waals surface area (Å²) in [5.74, 6) is 0.755. The fraction of sp³-hybridized carbons (Fsp3) is 0.562. The number of hydrogen-bond acceptors (Lipinski definition) is 6. The van der Waals surface area contributed by atoms with E-state index in [1.165, 1.54) is 6.07 Å². The molecule has 0 unspecified atom stereocenters. The zero-order chi connectivity index (χ0) is 18.2. The fourth-order valence-electron chi connectivity index (χ4n) is 3.63. The Kier molecular flexibility index (Phi) is 6.25. The molecule has 0 aromatic heterocycles. The summed E-state index contributed by atoms with van der Waals surface area (Å²) in [4.78, 5) is 24.7. The molecule has 1 N–H and O–H groups in total. The molecule has 2 aliphatic rings. The number of hydrogen-bond donors (Lipinski definition) is 1. The van der Waals surface area contributed by atoms with Crippen molar-refractivity contribution in [1.29, 1.82) is 0 Å². The highest BCUT2D eigenvalue weighted by Gasteiger charge is 2.32. The SMILES string of the molecule is CS(=O)(=O)c1cc(C(=O)N2CC[C@@H]3CNC[C@@H]3CC2)cc([N+](=O)[O-])c1.Cl. The molecule has 0 spiro atoms. The third-order valence-electron chi connectivity index (χ3n) is 5.08. The Morgan fingerprint density at radius 1 is 1.19 bits per heavy atom. The van der Waals surface area contributed by atoms with E-state index in [0.717, 1.165) is 44.3 Å². The lowest BCUT2D eigenvalue weighted by Crippen LogP contribution is -2.33. The number of nitro groups is 1. The summed E-state index contributed by atoms with van der Waals surface area (Å²) < 4.78 is 23.6. The van der Waals surface area contributed by atoms with Crippen molar-refractivity contribution < 1.29 is 18.1 Å². The van der Waals surface area contributed by atoms with Crippen LogP contribution in [-0.2, 0) is 9.84 Å². The van der Waals surface area contributed by atoms with E-state index in [9.17, 15) is 23.3 Å². The average Bonchev–Trinajstić information content (AvgIpc) is 2.91. The number of carbonyl (C=O) groups excluding carboxylic acids is 1. The smallest absolute Gasteiger partial charge is 0.271 e. The molecule has 2 atom stereocenters. The Morgan fingerprint density at radius 3 is 2.27 bits per heavy atom. The van der Waals surface area contributed by atoms with Gasteiger partial charge in [-0.05, 0) is 43.8 Å². The molecule has 0 bridgehead atoms. The second kappa shape index (κ2) is 7.89. The number of nitrogens with zero attached hydrogens (tertiary/aromatic N) is 2. The van der Waals surface area contributed by atoms with Crippen LogP contribution in [0.25, 0.3) is 0 Å². The van der Waals surface area contributed by atoms with Crippen molar-refractivity contribution in [2.24, 2.45) is 11.8 Å². The van der Waals surface area contributed by atoms with Crippen LogP contribution in [0.1, 0.15) is 23.2 Å². The predicted octanol–water partition coefficient (Wildman–Crippen LogP) is 1.49. The first kappa shape index (κ1) is 20.6. The molecule has 1 aromatic carbocycles. The molecule has 0 radical (unpaired) electrons. The first-order valence-corrected chi connectivity index (χ1v) is 10.1. The van der Waals surface area contributed by atoms with Gasteiger partial charge in [-0.3, -0.25) is 14.9 Å². The van der Waals surface area contributed by atoms with Gasteiger partial charge in [-0.2, -0.15) is 0 Å². The third kappa shape index (κ3) is 4.33. The number of halogens is 1.